The van der Waals surface area contributed by atoms with Gasteiger partial charge in [-0.1, -0.05) is 413 Å². The molecule has 0 aromatic heterocycles. The van der Waals surface area contributed by atoms with E-state index in [-0.39, 0.29) is 25.7 Å². The van der Waals surface area contributed by atoms with Gasteiger partial charge in [0.05, 0.1) is 26.4 Å². The van der Waals surface area contributed by atoms with Crippen molar-refractivity contribution >= 4 is 39.5 Å². The van der Waals surface area contributed by atoms with Crippen LogP contribution in [0.25, 0.3) is 0 Å². The van der Waals surface area contributed by atoms with Gasteiger partial charge in [0.15, 0.2) is 12.2 Å². The number of carbonyl (C=O) groups is 4. The quantitative estimate of drug-likeness (QED) is 0.0222. The van der Waals surface area contributed by atoms with E-state index in [9.17, 15) is 43.2 Å². The minimum atomic E-state index is -4.97. The van der Waals surface area contributed by atoms with Crippen molar-refractivity contribution in [1.82, 2.24) is 0 Å². The Morgan fingerprint density at radius 3 is 0.648 bits per heavy atom. The molecule has 624 valence electrons. The molecule has 5 atom stereocenters. The Morgan fingerprint density at radius 1 is 0.257 bits per heavy atom. The zero-order valence-electron chi connectivity index (χ0n) is 68.9. The van der Waals surface area contributed by atoms with Crippen LogP contribution < -0.4 is 0 Å². The van der Waals surface area contributed by atoms with Crippen molar-refractivity contribution in [3.05, 3.63) is 0 Å². The summed E-state index contributed by atoms with van der Waals surface area (Å²) in [5.41, 5.74) is 0. The van der Waals surface area contributed by atoms with Gasteiger partial charge in [0.25, 0.3) is 0 Å². The standard InChI is InChI=1S/C86H168O17P2/c1-6-9-12-15-18-21-24-27-29-31-32-34-36-41-46-51-56-61-66-71-85(90)102-82(76-97-84(89)70-65-60-55-50-45-40-35-33-30-28-25-22-19-16-13-10-7-2)78-101-105(94,95)99-74-80(87)73-98-104(92,93)100-77-81(75-96-83(88)69-64-59-54-49-44-38-26-23-20-17-14-11-8-3)103-86(91)72-67-62-57-52-47-42-37-39-43-48-53-58-63-68-79(4)5/h79-82,87H,6-78H2,1-5H3,(H,92,93)(H,94,95)/t80-,81+,82+/m0/s1. The van der Waals surface area contributed by atoms with E-state index in [1.54, 1.807) is 0 Å². The van der Waals surface area contributed by atoms with Crippen LogP contribution in [0.3, 0.4) is 0 Å². The first kappa shape index (κ1) is 103. The van der Waals surface area contributed by atoms with Crippen LogP contribution in [0.2, 0.25) is 0 Å². The summed E-state index contributed by atoms with van der Waals surface area (Å²) in [4.78, 5) is 73.3. The average molecular weight is 1540 g/mol. The number of esters is 4. The second-order valence-electron chi connectivity index (χ2n) is 31.4. The van der Waals surface area contributed by atoms with Crippen LogP contribution in [0.1, 0.15) is 465 Å². The van der Waals surface area contributed by atoms with Gasteiger partial charge in [-0.3, -0.25) is 37.3 Å². The van der Waals surface area contributed by atoms with Gasteiger partial charge < -0.3 is 33.8 Å². The summed E-state index contributed by atoms with van der Waals surface area (Å²) in [7, 11) is -9.93. The molecule has 0 aliphatic heterocycles. The van der Waals surface area contributed by atoms with Crippen molar-refractivity contribution in [3.63, 3.8) is 0 Å². The van der Waals surface area contributed by atoms with E-state index in [0.717, 1.165) is 95.8 Å². The number of phosphoric ester groups is 2. The molecule has 0 fully saturated rings. The Balaban J connectivity index is 5.26. The molecule has 17 nitrogen and oxygen atoms in total. The SMILES string of the molecule is CCCCCCCCCCCCCCCCCCCCCC(=O)O[C@H](COC(=O)CCCCCCCCCCCCCCCCCCC)COP(=O)(O)OC[C@@H](O)COP(=O)(O)OC[C@@H](COC(=O)CCCCCCCCCCCCCCC)OC(=O)CCCCCCCCCCCCCCCC(C)C. The minimum Gasteiger partial charge on any atom is -0.462 e. The third kappa shape index (κ3) is 79.9. The summed E-state index contributed by atoms with van der Waals surface area (Å²) < 4.78 is 68.9. The fourth-order valence-corrected chi connectivity index (χ4v) is 15.1. The first-order valence-electron chi connectivity index (χ1n) is 44.6. The Hall–Kier alpha value is -1.94. The van der Waals surface area contributed by atoms with Gasteiger partial charge in [-0.05, 0) is 31.6 Å². The van der Waals surface area contributed by atoms with Crippen LogP contribution in [-0.4, -0.2) is 96.7 Å². The largest absolute Gasteiger partial charge is 0.472 e. The molecule has 0 amide bonds. The maximum Gasteiger partial charge on any atom is 0.472 e. The predicted octanol–water partition coefficient (Wildman–Crippen LogP) is 26.4. The summed E-state index contributed by atoms with van der Waals surface area (Å²) in [5, 5.41) is 10.7. The van der Waals surface area contributed by atoms with Gasteiger partial charge in [-0.25, -0.2) is 9.13 Å². The molecule has 0 saturated carbocycles. The molecule has 0 aromatic rings. The van der Waals surface area contributed by atoms with E-state index < -0.39 is 97.5 Å². The zero-order chi connectivity index (χ0) is 76.9. The van der Waals surface area contributed by atoms with Crippen molar-refractivity contribution in [2.75, 3.05) is 39.6 Å². The maximum atomic E-state index is 13.1. The van der Waals surface area contributed by atoms with Gasteiger partial charge in [0.1, 0.15) is 19.3 Å². The number of hydrogen-bond acceptors (Lipinski definition) is 15. The van der Waals surface area contributed by atoms with E-state index in [1.807, 2.05) is 0 Å². The lowest BCUT2D eigenvalue weighted by Gasteiger charge is -2.21. The van der Waals surface area contributed by atoms with Gasteiger partial charge >= 0.3 is 39.5 Å². The van der Waals surface area contributed by atoms with Crippen LogP contribution in [-0.2, 0) is 65.4 Å². The molecule has 0 aliphatic rings. The first-order chi connectivity index (χ1) is 51.0. The Labute approximate surface area is 645 Å². The number of aliphatic hydroxyl groups is 1. The molecule has 19 heteroatoms. The van der Waals surface area contributed by atoms with E-state index in [2.05, 4.69) is 34.6 Å². The van der Waals surface area contributed by atoms with Gasteiger partial charge in [-0.15, -0.1) is 0 Å². The average Bonchev–Trinajstić information content (AvgIpc) is 0.907. The summed E-state index contributed by atoms with van der Waals surface area (Å²) >= 11 is 0. The highest BCUT2D eigenvalue weighted by Gasteiger charge is 2.30. The lowest BCUT2D eigenvalue weighted by Crippen LogP contribution is -2.30. The molecule has 3 N–H and O–H groups in total. The van der Waals surface area contributed by atoms with Crippen molar-refractivity contribution in [3.8, 4) is 0 Å². The molecule has 105 heavy (non-hydrogen) atoms. The number of hydrogen-bond donors (Lipinski definition) is 3. The Bertz CT molecular complexity index is 2000. The van der Waals surface area contributed by atoms with Crippen molar-refractivity contribution in [2.24, 2.45) is 5.92 Å². The highest BCUT2D eigenvalue weighted by molar-refractivity contribution is 7.47. The zero-order valence-corrected chi connectivity index (χ0v) is 70.7. The molecule has 0 saturated heterocycles. The van der Waals surface area contributed by atoms with Gasteiger partial charge in [0, 0.05) is 25.7 Å². The number of carbonyl (C=O) groups excluding carboxylic acids is 4. The normalized spacial score (nSPS) is 13.8. The van der Waals surface area contributed by atoms with E-state index in [0.29, 0.717) is 25.7 Å². The molecular formula is C86H168O17P2. The lowest BCUT2D eigenvalue weighted by molar-refractivity contribution is -0.161. The Morgan fingerprint density at radius 2 is 0.438 bits per heavy atom. The number of aliphatic hydroxyl groups excluding tert-OH is 1. The fraction of sp³-hybridized carbons (Fsp3) is 0.953. The highest BCUT2D eigenvalue weighted by atomic mass is 31.2. The molecule has 2 unspecified atom stereocenters. The fourth-order valence-electron chi connectivity index (χ4n) is 13.5. The molecule has 0 radical (unpaired) electrons. The highest BCUT2D eigenvalue weighted by Crippen LogP contribution is 2.45. The summed E-state index contributed by atoms with van der Waals surface area (Å²) in [5.74, 6) is -1.31. The summed E-state index contributed by atoms with van der Waals surface area (Å²) in [6.45, 7) is 7.39. The van der Waals surface area contributed by atoms with E-state index in [1.165, 1.54) is 289 Å². The second-order valence-corrected chi connectivity index (χ2v) is 34.3. The summed E-state index contributed by atoms with van der Waals surface area (Å²) in [6, 6.07) is 0. The molecule has 0 aliphatic carbocycles. The molecule has 0 rings (SSSR count). The van der Waals surface area contributed by atoms with Crippen LogP contribution >= 0.6 is 15.6 Å². The topological polar surface area (TPSA) is 237 Å². The van der Waals surface area contributed by atoms with Crippen LogP contribution in [0, 0.1) is 5.92 Å². The van der Waals surface area contributed by atoms with Crippen molar-refractivity contribution in [1.29, 1.82) is 0 Å². The summed E-state index contributed by atoms with van der Waals surface area (Å²) in [6.07, 6.45) is 72.1. The maximum absolute atomic E-state index is 13.1. The number of phosphoric acid groups is 2. The number of unbranched alkanes of at least 4 members (excludes halogenated alkanes) is 58. The van der Waals surface area contributed by atoms with Gasteiger partial charge in [-0.2, -0.15) is 0 Å². The third-order valence-electron chi connectivity index (χ3n) is 20.3. The molecular weight excluding hydrogens is 1370 g/mol. The molecule has 0 heterocycles. The molecule has 0 spiro atoms. The van der Waals surface area contributed by atoms with Crippen molar-refractivity contribution in [2.45, 2.75) is 483 Å². The second kappa shape index (κ2) is 78.7. The monoisotopic (exact) mass is 1540 g/mol. The van der Waals surface area contributed by atoms with Crippen LogP contribution in [0.15, 0.2) is 0 Å². The number of rotatable bonds is 86. The molecule has 0 aromatic carbocycles. The van der Waals surface area contributed by atoms with Crippen LogP contribution in [0.5, 0.6) is 0 Å². The Kier molecular flexibility index (Phi) is 77.3. The molecule has 0 bridgehead atoms. The minimum absolute atomic E-state index is 0.108. The predicted molar refractivity (Wildman–Crippen MR) is 432 cm³/mol. The lowest BCUT2D eigenvalue weighted by atomic mass is 10.0. The first-order valence-corrected chi connectivity index (χ1v) is 47.6. The number of ether oxygens (including phenoxy) is 4. The van der Waals surface area contributed by atoms with Gasteiger partial charge in [0.2, 0.25) is 0 Å². The van der Waals surface area contributed by atoms with E-state index >= 15 is 0 Å². The van der Waals surface area contributed by atoms with Crippen LogP contribution in [0.4, 0.5) is 0 Å². The third-order valence-corrected chi connectivity index (χ3v) is 22.2. The van der Waals surface area contributed by atoms with E-state index in [4.69, 9.17) is 37.0 Å². The van der Waals surface area contributed by atoms with Crippen molar-refractivity contribution < 1.29 is 80.2 Å². The smallest absolute Gasteiger partial charge is 0.462 e.